The molecule has 0 radical (unpaired) electrons. The van der Waals surface area contributed by atoms with Crippen molar-refractivity contribution in [3.63, 3.8) is 0 Å². The number of hydrogen-bond donors (Lipinski definition) is 0. The highest BCUT2D eigenvalue weighted by molar-refractivity contribution is 6.20. The average Bonchev–Trinajstić information content (AvgIpc) is 3.29. The molecule has 0 saturated heterocycles. The smallest absolute Gasteiger partial charge is 0.0159 e. The van der Waals surface area contributed by atoms with Crippen molar-refractivity contribution in [3.05, 3.63) is 157 Å². The molecule has 0 aliphatic heterocycles. The van der Waals surface area contributed by atoms with Crippen LogP contribution in [0.4, 0.5) is 0 Å². The molecule has 0 aromatic heterocycles. The molecule has 9 rings (SSSR count). The van der Waals surface area contributed by atoms with Gasteiger partial charge in [-0.15, -0.1) is 0 Å². The van der Waals surface area contributed by atoms with Crippen molar-refractivity contribution in [2.75, 3.05) is 0 Å². The Morgan fingerprint density at radius 3 is 1.70 bits per heavy atom. The highest BCUT2D eigenvalue weighted by atomic mass is 14.4. The predicted molar refractivity (Wildman–Crippen MR) is 185 cm³/mol. The SMILES string of the molecule is CC1(C)c2cc(-c3ccc(-c4c5ccccc5cc5c4ccc4ccccc45)cc3)ccc2-c2c1ccc1ccccc21. The van der Waals surface area contributed by atoms with Crippen molar-refractivity contribution in [1.82, 2.24) is 0 Å². The third-order valence-corrected chi connectivity index (χ3v) is 9.84. The van der Waals surface area contributed by atoms with E-state index in [0.29, 0.717) is 0 Å². The van der Waals surface area contributed by atoms with Crippen LogP contribution in [0.15, 0.2) is 146 Å². The van der Waals surface area contributed by atoms with Crippen LogP contribution in [0.3, 0.4) is 0 Å². The summed E-state index contributed by atoms with van der Waals surface area (Å²) in [5, 5.41) is 10.4. The Labute approximate surface area is 251 Å². The standard InChI is InChI=1S/C43H30/c1-43(2)39-24-21-29-10-4-7-13-34(29)42(39)37-23-20-31(26-40(37)43)27-15-17-30(18-16-27)41-35-14-8-5-11-32(35)25-38-33-12-6-3-9-28(33)19-22-36(38)41/h3-26H,1-2H3. The van der Waals surface area contributed by atoms with Gasteiger partial charge in [-0.2, -0.15) is 0 Å². The third-order valence-electron chi connectivity index (χ3n) is 9.84. The lowest BCUT2D eigenvalue weighted by molar-refractivity contribution is 0.661. The van der Waals surface area contributed by atoms with Gasteiger partial charge in [-0.05, 0) is 99.7 Å². The Morgan fingerprint density at radius 1 is 0.349 bits per heavy atom. The zero-order chi connectivity index (χ0) is 28.7. The minimum atomic E-state index is -0.0463. The second-order valence-corrected chi connectivity index (χ2v) is 12.5. The topological polar surface area (TPSA) is 0 Å². The van der Waals surface area contributed by atoms with E-state index in [9.17, 15) is 0 Å². The third kappa shape index (κ3) is 3.50. The molecule has 43 heavy (non-hydrogen) atoms. The molecular formula is C43H30. The molecule has 0 heteroatoms. The molecular weight excluding hydrogens is 516 g/mol. The summed E-state index contributed by atoms with van der Waals surface area (Å²) in [6.07, 6.45) is 0. The first kappa shape index (κ1) is 24.4. The van der Waals surface area contributed by atoms with Crippen LogP contribution in [0.2, 0.25) is 0 Å². The van der Waals surface area contributed by atoms with Crippen molar-refractivity contribution in [2.45, 2.75) is 19.3 Å². The lowest BCUT2D eigenvalue weighted by Gasteiger charge is -2.22. The second kappa shape index (κ2) is 8.90. The van der Waals surface area contributed by atoms with E-state index in [0.717, 1.165) is 0 Å². The van der Waals surface area contributed by atoms with Gasteiger partial charge < -0.3 is 0 Å². The van der Waals surface area contributed by atoms with E-state index >= 15 is 0 Å². The van der Waals surface area contributed by atoms with Gasteiger partial charge in [0.2, 0.25) is 0 Å². The Balaban J connectivity index is 1.19. The molecule has 0 N–H and O–H groups in total. The largest absolute Gasteiger partial charge is 0.0616 e. The van der Waals surface area contributed by atoms with E-state index in [1.807, 2.05) is 0 Å². The zero-order valence-corrected chi connectivity index (χ0v) is 24.4. The maximum atomic E-state index is 2.43. The molecule has 0 spiro atoms. The summed E-state index contributed by atoms with van der Waals surface area (Å²) >= 11 is 0. The van der Waals surface area contributed by atoms with E-state index in [1.165, 1.54) is 87.6 Å². The van der Waals surface area contributed by atoms with Crippen LogP contribution in [0.1, 0.15) is 25.0 Å². The molecule has 1 aliphatic carbocycles. The Kier molecular flexibility index (Phi) is 5.05. The normalized spacial score (nSPS) is 13.5. The minimum absolute atomic E-state index is 0.0463. The number of hydrogen-bond acceptors (Lipinski definition) is 0. The van der Waals surface area contributed by atoms with Gasteiger partial charge >= 0.3 is 0 Å². The van der Waals surface area contributed by atoms with Crippen LogP contribution >= 0.6 is 0 Å². The van der Waals surface area contributed by atoms with Gasteiger partial charge in [0, 0.05) is 5.41 Å². The molecule has 8 aromatic carbocycles. The van der Waals surface area contributed by atoms with Crippen LogP contribution in [0.5, 0.6) is 0 Å². The summed E-state index contributed by atoms with van der Waals surface area (Å²) in [6.45, 7) is 4.74. The first-order chi connectivity index (χ1) is 21.1. The number of rotatable bonds is 2. The average molecular weight is 547 g/mol. The molecule has 8 aromatic rings. The fourth-order valence-electron chi connectivity index (χ4n) is 7.65. The van der Waals surface area contributed by atoms with Crippen molar-refractivity contribution in [1.29, 1.82) is 0 Å². The highest BCUT2D eigenvalue weighted by Gasteiger charge is 2.36. The fraction of sp³-hybridized carbons (Fsp3) is 0.0698. The summed E-state index contributed by atoms with van der Waals surface area (Å²) in [7, 11) is 0. The molecule has 0 nitrogen and oxygen atoms in total. The molecule has 1 aliphatic rings. The van der Waals surface area contributed by atoms with E-state index in [2.05, 4.69) is 159 Å². The zero-order valence-electron chi connectivity index (χ0n) is 24.4. The Bertz CT molecular complexity index is 2400. The Morgan fingerprint density at radius 2 is 0.930 bits per heavy atom. The second-order valence-electron chi connectivity index (χ2n) is 12.5. The fourth-order valence-corrected chi connectivity index (χ4v) is 7.65. The molecule has 202 valence electrons. The molecule has 0 heterocycles. The van der Waals surface area contributed by atoms with E-state index in [-0.39, 0.29) is 5.41 Å². The summed E-state index contributed by atoms with van der Waals surface area (Å²) < 4.78 is 0. The van der Waals surface area contributed by atoms with Crippen molar-refractivity contribution < 1.29 is 0 Å². The van der Waals surface area contributed by atoms with Gasteiger partial charge in [0.25, 0.3) is 0 Å². The van der Waals surface area contributed by atoms with Gasteiger partial charge in [-0.3, -0.25) is 0 Å². The van der Waals surface area contributed by atoms with Gasteiger partial charge in [0.05, 0.1) is 0 Å². The number of fused-ring (bicyclic) bond motifs is 9. The maximum Gasteiger partial charge on any atom is 0.0159 e. The number of benzene rings is 8. The van der Waals surface area contributed by atoms with Crippen LogP contribution in [0, 0.1) is 0 Å². The van der Waals surface area contributed by atoms with Crippen LogP contribution in [0.25, 0.3) is 76.5 Å². The van der Waals surface area contributed by atoms with E-state index in [4.69, 9.17) is 0 Å². The van der Waals surface area contributed by atoms with Crippen molar-refractivity contribution in [2.24, 2.45) is 0 Å². The van der Waals surface area contributed by atoms with E-state index < -0.39 is 0 Å². The quantitative estimate of drug-likeness (QED) is 0.149. The van der Waals surface area contributed by atoms with Crippen molar-refractivity contribution >= 4 is 43.1 Å². The van der Waals surface area contributed by atoms with Gasteiger partial charge in [-0.25, -0.2) is 0 Å². The van der Waals surface area contributed by atoms with Crippen molar-refractivity contribution in [3.8, 4) is 33.4 Å². The van der Waals surface area contributed by atoms with Gasteiger partial charge in [0.1, 0.15) is 0 Å². The molecule has 0 unspecified atom stereocenters. The minimum Gasteiger partial charge on any atom is -0.0616 e. The van der Waals surface area contributed by atoms with Gasteiger partial charge in [0.15, 0.2) is 0 Å². The molecule has 0 saturated carbocycles. The van der Waals surface area contributed by atoms with Crippen LogP contribution in [-0.4, -0.2) is 0 Å². The highest BCUT2D eigenvalue weighted by Crippen LogP contribution is 2.52. The first-order valence-electron chi connectivity index (χ1n) is 15.2. The summed E-state index contributed by atoms with van der Waals surface area (Å²) in [5.41, 5.74) is 10.6. The van der Waals surface area contributed by atoms with Crippen LogP contribution < -0.4 is 0 Å². The molecule has 0 fully saturated rings. The van der Waals surface area contributed by atoms with Gasteiger partial charge in [-0.1, -0.05) is 147 Å². The van der Waals surface area contributed by atoms with Crippen LogP contribution in [-0.2, 0) is 5.41 Å². The summed E-state index contributed by atoms with van der Waals surface area (Å²) in [6, 6.07) is 54.1. The summed E-state index contributed by atoms with van der Waals surface area (Å²) in [5.74, 6) is 0. The monoisotopic (exact) mass is 546 g/mol. The maximum absolute atomic E-state index is 2.43. The lowest BCUT2D eigenvalue weighted by atomic mass is 9.81. The van der Waals surface area contributed by atoms with E-state index in [1.54, 1.807) is 0 Å². The molecule has 0 bridgehead atoms. The Hall–Kier alpha value is -5.20. The molecule has 0 atom stereocenters. The summed E-state index contributed by atoms with van der Waals surface area (Å²) in [4.78, 5) is 0. The first-order valence-corrected chi connectivity index (χ1v) is 15.2. The molecule has 0 amide bonds. The lowest BCUT2D eigenvalue weighted by Crippen LogP contribution is -2.15. The predicted octanol–water partition coefficient (Wildman–Crippen LogP) is 11.9.